The first-order valence-electron chi connectivity index (χ1n) is 13.2. The maximum atomic E-state index is 13.7. The Bertz CT molecular complexity index is 1530. The van der Waals surface area contributed by atoms with Crippen molar-refractivity contribution in [2.45, 2.75) is 37.4 Å². The molecule has 0 aliphatic carbocycles. The van der Waals surface area contributed by atoms with Crippen LogP contribution in [0.15, 0.2) is 60.9 Å². The number of H-pyrrole nitrogens is 2. The molecular weight excluding hydrogens is 544 g/mol. The number of nitrogens with one attached hydrogen (secondary N) is 5. The first kappa shape index (κ1) is 29.7. The molecule has 0 fully saturated rings. The number of aromatic nitrogens is 2. The summed E-state index contributed by atoms with van der Waals surface area (Å²) >= 11 is 1.57. The molecule has 2 aromatic carbocycles. The number of carbonyl (C=O) groups excluding carboxylic acids is 3. The number of aromatic amines is 2. The van der Waals surface area contributed by atoms with Crippen LogP contribution in [0.1, 0.15) is 17.5 Å². The van der Waals surface area contributed by atoms with Crippen molar-refractivity contribution in [3.63, 3.8) is 0 Å². The van der Waals surface area contributed by atoms with E-state index in [2.05, 4.69) is 25.9 Å². The lowest BCUT2D eigenvalue weighted by Crippen LogP contribution is -2.57. The summed E-state index contributed by atoms with van der Waals surface area (Å²) in [5, 5.41) is 18.8. The van der Waals surface area contributed by atoms with Gasteiger partial charge in [0.15, 0.2) is 0 Å². The summed E-state index contributed by atoms with van der Waals surface area (Å²) < 4.78 is 0. The molecule has 11 nitrogen and oxygen atoms in total. The predicted octanol–water partition coefficient (Wildman–Crippen LogP) is 1.69. The van der Waals surface area contributed by atoms with Crippen molar-refractivity contribution in [3.05, 3.63) is 72.1 Å². The summed E-state index contributed by atoms with van der Waals surface area (Å²) in [6.07, 6.45) is 6.14. The van der Waals surface area contributed by atoms with Crippen LogP contribution in [-0.2, 0) is 32.0 Å². The first-order chi connectivity index (χ1) is 19.8. The van der Waals surface area contributed by atoms with Gasteiger partial charge in [-0.05, 0) is 41.7 Å². The summed E-state index contributed by atoms with van der Waals surface area (Å²) in [4.78, 5) is 57.2. The molecule has 0 saturated heterocycles. The number of para-hydroxylation sites is 2. The monoisotopic (exact) mass is 578 g/mol. The molecule has 0 radical (unpaired) electrons. The number of carboxylic acid groups (broad SMARTS) is 1. The van der Waals surface area contributed by atoms with E-state index in [1.54, 1.807) is 24.2 Å². The molecule has 3 atom stereocenters. The van der Waals surface area contributed by atoms with Crippen molar-refractivity contribution >= 4 is 57.3 Å². The van der Waals surface area contributed by atoms with Gasteiger partial charge in [-0.25, -0.2) is 0 Å². The lowest BCUT2D eigenvalue weighted by Gasteiger charge is -2.24. The maximum Gasteiger partial charge on any atom is 0.322 e. The largest absolute Gasteiger partial charge is 0.480 e. The van der Waals surface area contributed by atoms with Gasteiger partial charge in [0, 0.05) is 47.0 Å². The molecule has 4 aromatic rings. The lowest BCUT2D eigenvalue weighted by atomic mass is 10.0. The van der Waals surface area contributed by atoms with Crippen molar-refractivity contribution in [1.82, 2.24) is 25.9 Å². The Labute approximate surface area is 241 Å². The van der Waals surface area contributed by atoms with E-state index in [0.29, 0.717) is 12.2 Å². The van der Waals surface area contributed by atoms with E-state index >= 15 is 0 Å². The van der Waals surface area contributed by atoms with Crippen LogP contribution in [0.5, 0.6) is 0 Å². The molecule has 8 N–H and O–H groups in total. The fourth-order valence-corrected chi connectivity index (χ4v) is 5.16. The zero-order chi connectivity index (χ0) is 29.4. The number of aliphatic carboxylic acids is 1. The molecule has 0 spiro atoms. The van der Waals surface area contributed by atoms with Crippen molar-refractivity contribution in [2.75, 3.05) is 18.6 Å². The molecule has 0 bridgehead atoms. The van der Waals surface area contributed by atoms with Crippen molar-refractivity contribution in [1.29, 1.82) is 0 Å². The smallest absolute Gasteiger partial charge is 0.322 e. The van der Waals surface area contributed by atoms with E-state index < -0.39 is 48.4 Å². The van der Waals surface area contributed by atoms with Crippen molar-refractivity contribution in [2.24, 2.45) is 5.73 Å². The van der Waals surface area contributed by atoms with Gasteiger partial charge in [0.1, 0.15) is 18.6 Å². The van der Waals surface area contributed by atoms with Crippen LogP contribution in [0, 0.1) is 0 Å². The SMILES string of the molecule is CSCCC(N)C(=O)NC(Cc1c[nH]c2ccccc12)C(=O)NC(Cc1c[nH]c2ccccc12)C(=O)NCC(=O)O. The summed E-state index contributed by atoms with van der Waals surface area (Å²) in [5.74, 6) is -2.23. The number of rotatable bonds is 14. The molecule has 0 aliphatic heterocycles. The fourth-order valence-electron chi connectivity index (χ4n) is 4.67. The number of carbonyl (C=O) groups is 4. The van der Waals surface area contributed by atoms with Crippen LogP contribution in [0.4, 0.5) is 0 Å². The normalized spacial score (nSPS) is 13.4. The molecule has 2 aromatic heterocycles. The van der Waals surface area contributed by atoms with Gasteiger partial charge in [-0.15, -0.1) is 0 Å². The zero-order valence-electron chi connectivity index (χ0n) is 22.6. The summed E-state index contributed by atoms with van der Waals surface area (Å²) in [7, 11) is 0. The second kappa shape index (κ2) is 13.9. The molecule has 41 heavy (non-hydrogen) atoms. The zero-order valence-corrected chi connectivity index (χ0v) is 23.4. The standard InChI is InChI=1S/C29H34N6O5S/c1-41-11-10-21(30)27(38)34-25(13-18-15-32-23-9-5-3-7-20(18)23)29(40)35-24(28(39)33-16-26(36)37)12-17-14-31-22-8-4-2-6-19(17)22/h2-9,14-15,21,24-25,31-32H,10-13,16,30H2,1H3,(H,33,39)(H,34,38)(H,35,40)(H,36,37). The summed E-state index contributed by atoms with van der Waals surface area (Å²) in [5.41, 5.74) is 9.42. The number of thioether (sulfide) groups is 1. The average Bonchev–Trinajstić information content (AvgIpc) is 3.57. The minimum Gasteiger partial charge on any atom is -0.480 e. The second-order valence-corrected chi connectivity index (χ2v) is 10.7. The molecule has 0 saturated carbocycles. The Kier molecular flexibility index (Phi) is 10.0. The van der Waals surface area contributed by atoms with E-state index in [0.717, 1.165) is 32.9 Å². The van der Waals surface area contributed by atoms with Crippen LogP contribution >= 0.6 is 11.8 Å². The van der Waals surface area contributed by atoms with Crippen LogP contribution in [0.25, 0.3) is 21.8 Å². The van der Waals surface area contributed by atoms with Crippen LogP contribution < -0.4 is 21.7 Å². The highest BCUT2D eigenvalue weighted by Gasteiger charge is 2.30. The number of hydrogen-bond donors (Lipinski definition) is 7. The molecule has 4 rings (SSSR count). The predicted molar refractivity (Wildman–Crippen MR) is 159 cm³/mol. The number of hydrogen-bond acceptors (Lipinski definition) is 6. The topological polar surface area (TPSA) is 182 Å². The first-order valence-corrected chi connectivity index (χ1v) is 14.6. The van der Waals surface area contributed by atoms with E-state index in [9.17, 15) is 19.2 Å². The van der Waals surface area contributed by atoms with Gasteiger partial charge >= 0.3 is 5.97 Å². The Hall–Kier alpha value is -4.29. The Morgan fingerprint density at radius 3 is 1.88 bits per heavy atom. The lowest BCUT2D eigenvalue weighted by molar-refractivity contribution is -0.138. The number of carboxylic acids is 1. The molecular formula is C29H34N6O5S. The highest BCUT2D eigenvalue weighted by atomic mass is 32.2. The van der Waals surface area contributed by atoms with Crippen molar-refractivity contribution in [3.8, 4) is 0 Å². The maximum absolute atomic E-state index is 13.7. The second-order valence-electron chi connectivity index (χ2n) is 9.75. The van der Waals surface area contributed by atoms with E-state index in [1.165, 1.54) is 0 Å². The third kappa shape index (κ3) is 7.68. The van der Waals surface area contributed by atoms with Gasteiger partial charge in [0.05, 0.1) is 6.04 Å². The number of benzene rings is 2. The van der Waals surface area contributed by atoms with Gasteiger partial charge < -0.3 is 36.8 Å². The van der Waals surface area contributed by atoms with Crippen molar-refractivity contribution < 1.29 is 24.3 Å². The van der Waals surface area contributed by atoms with Gasteiger partial charge in [-0.2, -0.15) is 11.8 Å². The van der Waals surface area contributed by atoms with Gasteiger partial charge in [0.2, 0.25) is 17.7 Å². The van der Waals surface area contributed by atoms with E-state index in [1.807, 2.05) is 54.8 Å². The Balaban J connectivity index is 1.59. The number of nitrogens with two attached hydrogens (primary N) is 1. The highest BCUT2D eigenvalue weighted by Crippen LogP contribution is 2.21. The molecule has 3 unspecified atom stereocenters. The molecule has 3 amide bonds. The highest BCUT2D eigenvalue weighted by molar-refractivity contribution is 7.98. The van der Waals surface area contributed by atoms with E-state index in [4.69, 9.17) is 10.8 Å². The minimum absolute atomic E-state index is 0.0994. The van der Waals surface area contributed by atoms with Crippen LogP contribution in [0.2, 0.25) is 0 Å². The molecule has 0 aliphatic rings. The number of amides is 3. The summed E-state index contributed by atoms with van der Waals surface area (Å²) in [6.45, 7) is -0.598. The Morgan fingerprint density at radius 1 is 0.829 bits per heavy atom. The fraction of sp³-hybridized carbons (Fsp3) is 0.310. The van der Waals surface area contributed by atoms with Gasteiger partial charge in [0.25, 0.3) is 0 Å². The molecule has 12 heteroatoms. The van der Waals surface area contributed by atoms with Gasteiger partial charge in [-0.3, -0.25) is 19.2 Å². The molecule has 216 valence electrons. The average molecular weight is 579 g/mol. The quantitative estimate of drug-likeness (QED) is 0.119. The van der Waals surface area contributed by atoms with Crippen LogP contribution in [0.3, 0.4) is 0 Å². The third-order valence-corrected chi connectivity index (χ3v) is 7.49. The summed E-state index contributed by atoms with van der Waals surface area (Å²) in [6, 6.07) is 12.2. The van der Waals surface area contributed by atoms with Gasteiger partial charge in [-0.1, -0.05) is 36.4 Å². The van der Waals surface area contributed by atoms with E-state index in [-0.39, 0.29) is 12.8 Å². The Morgan fingerprint density at radius 2 is 1.34 bits per heavy atom. The number of fused-ring (bicyclic) bond motifs is 2. The third-order valence-electron chi connectivity index (χ3n) is 6.85. The van der Waals surface area contributed by atoms with Crippen LogP contribution in [-0.4, -0.2) is 75.4 Å². The minimum atomic E-state index is -1.21. The molecule has 2 heterocycles.